The number of fused-ring (bicyclic) bond motifs is 1. The molecule has 1 aromatic heterocycles. The maximum absolute atomic E-state index is 12.8. The minimum Gasteiger partial charge on any atom is -0.397 e. The van der Waals surface area contributed by atoms with Crippen molar-refractivity contribution in [2.45, 2.75) is 32.2 Å². The van der Waals surface area contributed by atoms with Gasteiger partial charge in [-0.1, -0.05) is 22.0 Å². The van der Waals surface area contributed by atoms with Gasteiger partial charge in [0.15, 0.2) is 0 Å². The lowest BCUT2D eigenvalue weighted by Crippen LogP contribution is -2.41. The molecule has 1 saturated heterocycles. The molecule has 3 rings (SSSR count). The predicted octanol–water partition coefficient (Wildman–Crippen LogP) is 4.26. The van der Waals surface area contributed by atoms with Crippen LogP contribution >= 0.6 is 27.3 Å². The van der Waals surface area contributed by atoms with Crippen molar-refractivity contribution in [3.05, 3.63) is 27.5 Å². The summed E-state index contributed by atoms with van der Waals surface area (Å²) in [6, 6.07) is 6.25. The second-order valence-corrected chi connectivity index (χ2v) is 7.21. The zero-order valence-corrected chi connectivity index (χ0v) is 13.8. The normalized spacial score (nSPS) is 19.5. The van der Waals surface area contributed by atoms with Gasteiger partial charge in [-0.2, -0.15) is 0 Å². The third-order valence-electron chi connectivity index (χ3n) is 3.96. The number of benzene rings is 1. The van der Waals surface area contributed by atoms with Gasteiger partial charge < -0.3 is 10.6 Å². The minimum absolute atomic E-state index is 0.0859. The Hall–Kier alpha value is -1.07. The number of carbonyl (C=O) groups is 1. The number of rotatable bonds is 1. The highest BCUT2D eigenvalue weighted by Gasteiger charge is 2.27. The van der Waals surface area contributed by atoms with E-state index in [1.807, 2.05) is 23.1 Å². The molecule has 1 unspecified atom stereocenters. The molecule has 1 aliphatic heterocycles. The van der Waals surface area contributed by atoms with Crippen molar-refractivity contribution in [3.8, 4) is 0 Å². The first-order valence-electron chi connectivity index (χ1n) is 6.87. The van der Waals surface area contributed by atoms with E-state index < -0.39 is 0 Å². The van der Waals surface area contributed by atoms with Gasteiger partial charge in [-0.3, -0.25) is 4.79 Å². The Balaban J connectivity index is 2.03. The summed E-state index contributed by atoms with van der Waals surface area (Å²) < 4.78 is 2.01. The Bertz CT molecular complexity index is 667. The molecule has 1 aromatic carbocycles. The second-order valence-electron chi connectivity index (χ2n) is 5.30. The van der Waals surface area contributed by atoms with Crippen LogP contribution in [0.4, 0.5) is 5.69 Å². The van der Waals surface area contributed by atoms with Crippen LogP contribution < -0.4 is 5.73 Å². The predicted molar refractivity (Wildman–Crippen MR) is 88.3 cm³/mol. The lowest BCUT2D eigenvalue weighted by atomic mass is 10.0. The highest BCUT2D eigenvalue weighted by Crippen LogP contribution is 2.39. The third-order valence-corrected chi connectivity index (χ3v) is 5.78. The number of carbonyl (C=O) groups excluding carboxylic acids is 1. The van der Waals surface area contributed by atoms with Crippen molar-refractivity contribution < 1.29 is 4.79 Å². The molecule has 1 atom stereocenters. The standard InChI is InChI=1S/C15H17BrN2OS/c1-9-5-2-3-8-18(9)15(19)14-13(17)12-10(16)6-4-7-11(12)20-14/h4,6-7,9H,2-3,5,8,17H2,1H3. The number of piperidine rings is 1. The Kier molecular flexibility index (Phi) is 3.73. The van der Waals surface area contributed by atoms with Crippen LogP contribution in [-0.4, -0.2) is 23.4 Å². The van der Waals surface area contributed by atoms with E-state index in [0.717, 1.165) is 33.9 Å². The van der Waals surface area contributed by atoms with Crippen molar-refractivity contribution in [2.24, 2.45) is 0 Å². The lowest BCUT2D eigenvalue weighted by Gasteiger charge is -2.33. The van der Waals surface area contributed by atoms with Crippen molar-refractivity contribution in [1.82, 2.24) is 4.90 Å². The molecular weight excluding hydrogens is 336 g/mol. The van der Waals surface area contributed by atoms with Gasteiger partial charge in [0.1, 0.15) is 4.88 Å². The Morgan fingerprint density at radius 1 is 1.45 bits per heavy atom. The summed E-state index contributed by atoms with van der Waals surface area (Å²) in [4.78, 5) is 15.4. The molecule has 2 N–H and O–H groups in total. The number of amides is 1. The zero-order chi connectivity index (χ0) is 14.3. The SMILES string of the molecule is CC1CCCCN1C(=O)c1sc2cccc(Br)c2c1N. The van der Waals surface area contributed by atoms with Gasteiger partial charge in [-0.25, -0.2) is 0 Å². The maximum atomic E-state index is 12.8. The summed E-state index contributed by atoms with van der Waals surface area (Å²) in [6.45, 7) is 2.96. The smallest absolute Gasteiger partial charge is 0.266 e. The van der Waals surface area contributed by atoms with Crippen LogP contribution in [0.15, 0.2) is 22.7 Å². The van der Waals surface area contributed by atoms with E-state index in [9.17, 15) is 4.79 Å². The summed E-state index contributed by atoms with van der Waals surface area (Å²) in [7, 11) is 0. The van der Waals surface area contributed by atoms with Crippen LogP contribution in [0, 0.1) is 0 Å². The fourth-order valence-electron chi connectivity index (χ4n) is 2.82. The molecule has 1 amide bonds. The second kappa shape index (κ2) is 5.37. The first-order valence-corrected chi connectivity index (χ1v) is 8.48. The molecule has 2 heterocycles. The zero-order valence-electron chi connectivity index (χ0n) is 11.4. The molecule has 5 heteroatoms. The average molecular weight is 353 g/mol. The van der Waals surface area contributed by atoms with E-state index in [4.69, 9.17) is 5.73 Å². The molecule has 0 aliphatic carbocycles. The third kappa shape index (κ3) is 2.23. The molecule has 1 fully saturated rings. The van der Waals surface area contributed by atoms with E-state index in [1.165, 1.54) is 17.8 Å². The van der Waals surface area contributed by atoms with Gasteiger partial charge in [-0.15, -0.1) is 11.3 Å². The van der Waals surface area contributed by atoms with E-state index in [1.54, 1.807) is 0 Å². The molecule has 0 saturated carbocycles. The number of anilines is 1. The summed E-state index contributed by atoms with van der Waals surface area (Å²) in [5, 5.41) is 0.963. The number of nitrogens with two attached hydrogens (primary N) is 1. The molecule has 0 radical (unpaired) electrons. The van der Waals surface area contributed by atoms with Crippen molar-refractivity contribution >= 4 is 48.9 Å². The quantitative estimate of drug-likeness (QED) is 0.833. The van der Waals surface area contributed by atoms with Gasteiger partial charge in [-0.05, 0) is 38.3 Å². The van der Waals surface area contributed by atoms with Crippen LogP contribution in [0.5, 0.6) is 0 Å². The minimum atomic E-state index is 0.0859. The van der Waals surface area contributed by atoms with Gasteiger partial charge in [0.05, 0.1) is 5.69 Å². The molecule has 106 valence electrons. The molecular formula is C15H17BrN2OS. The van der Waals surface area contributed by atoms with Crippen LogP contribution in [0.1, 0.15) is 35.9 Å². The fraction of sp³-hybridized carbons (Fsp3) is 0.400. The topological polar surface area (TPSA) is 46.3 Å². The van der Waals surface area contributed by atoms with Crippen molar-refractivity contribution in [1.29, 1.82) is 0 Å². The largest absolute Gasteiger partial charge is 0.397 e. The van der Waals surface area contributed by atoms with Crippen LogP contribution in [-0.2, 0) is 0 Å². The van der Waals surface area contributed by atoms with Crippen molar-refractivity contribution in [2.75, 3.05) is 12.3 Å². The number of hydrogen-bond donors (Lipinski definition) is 1. The van der Waals surface area contributed by atoms with E-state index >= 15 is 0 Å². The van der Waals surface area contributed by atoms with E-state index in [2.05, 4.69) is 22.9 Å². The van der Waals surface area contributed by atoms with Gasteiger partial charge in [0, 0.05) is 27.1 Å². The Labute approximate surface area is 130 Å². The van der Waals surface area contributed by atoms with E-state index in [0.29, 0.717) is 16.6 Å². The summed E-state index contributed by atoms with van der Waals surface area (Å²) in [6.07, 6.45) is 3.38. The molecule has 20 heavy (non-hydrogen) atoms. The summed E-state index contributed by atoms with van der Waals surface area (Å²) in [5.74, 6) is 0.0859. The van der Waals surface area contributed by atoms with Gasteiger partial charge >= 0.3 is 0 Å². The molecule has 0 spiro atoms. The van der Waals surface area contributed by atoms with Gasteiger partial charge in [0.2, 0.25) is 0 Å². The fourth-order valence-corrected chi connectivity index (χ4v) is 4.63. The van der Waals surface area contributed by atoms with Gasteiger partial charge in [0.25, 0.3) is 5.91 Å². The molecule has 2 aromatic rings. The number of likely N-dealkylation sites (tertiary alicyclic amines) is 1. The number of halogens is 1. The Morgan fingerprint density at radius 3 is 2.95 bits per heavy atom. The van der Waals surface area contributed by atoms with E-state index in [-0.39, 0.29) is 5.91 Å². The van der Waals surface area contributed by atoms with Crippen molar-refractivity contribution in [3.63, 3.8) is 0 Å². The van der Waals surface area contributed by atoms with Crippen LogP contribution in [0.2, 0.25) is 0 Å². The number of thiophene rings is 1. The first kappa shape index (κ1) is 13.9. The Morgan fingerprint density at radius 2 is 2.25 bits per heavy atom. The molecule has 1 aliphatic rings. The monoisotopic (exact) mass is 352 g/mol. The number of nitrogen functional groups attached to an aromatic ring is 1. The van der Waals surface area contributed by atoms with Crippen LogP contribution in [0.25, 0.3) is 10.1 Å². The van der Waals surface area contributed by atoms with Crippen LogP contribution in [0.3, 0.4) is 0 Å². The lowest BCUT2D eigenvalue weighted by molar-refractivity contribution is 0.0642. The maximum Gasteiger partial charge on any atom is 0.266 e. The highest BCUT2D eigenvalue weighted by molar-refractivity contribution is 9.10. The molecule has 0 bridgehead atoms. The number of hydrogen-bond acceptors (Lipinski definition) is 3. The summed E-state index contributed by atoms with van der Waals surface area (Å²) in [5.41, 5.74) is 6.84. The highest BCUT2D eigenvalue weighted by atomic mass is 79.9. The molecule has 3 nitrogen and oxygen atoms in total. The average Bonchev–Trinajstić information content (AvgIpc) is 2.77. The summed E-state index contributed by atoms with van der Waals surface area (Å²) >= 11 is 5.02. The first-order chi connectivity index (χ1) is 9.59. The number of nitrogens with zero attached hydrogens (tertiary/aromatic N) is 1.